The smallest absolute Gasteiger partial charge is 0.123 e. The van der Waals surface area contributed by atoms with Crippen LogP contribution in [0.4, 0.5) is 5.82 Å². The SMILES string of the molecule is Cc1ccccc1CCc1ccc(N)nc1. The van der Waals surface area contributed by atoms with Crippen LogP contribution in [0.1, 0.15) is 16.7 Å². The fourth-order valence-electron chi connectivity index (χ4n) is 1.75. The second kappa shape index (κ2) is 4.79. The summed E-state index contributed by atoms with van der Waals surface area (Å²) in [6.45, 7) is 2.15. The van der Waals surface area contributed by atoms with Crippen LogP contribution in [-0.2, 0) is 12.8 Å². The minimum Gasteiger partial charge on any atom is -0.384 e. The molecule has 82 valence electrons. The first-order chi connectivity index (χ1) is 7.75. The van der Waals surface area contributed by atoms with Crippen molar-refractivity contribution in [2.24, 2.45) is 0 Å². The number of benzene rings is 1. The largest absolute Gasteiger partial charge is 0.384 e. The third-order valence-electron chi connectivity index (χ3n) is 2.79. The van der Waals surface area contributed by atoms with E-state index >= 15 is 0 Å². The van der Waals surface area contributed by atoms with Crippen molar-refractivity contribution in [3.05, 3.63) is 59.3 Å². The molecule has 0 bridgehead atoms. The highest BCUT2D eigenvalue weighted by molar-refractivity contribution is 5.31. The van der Waals surface area contributed by atoms with Crippen LogP contribution in [0.5, 0.6) is 0 Å². The molecule has 2 rings (SSSR count). The van der Waals surface area contributed by atoms with Gasteiger partial charge in [0.15, 0.2) is 0 Å². The van der Waals surface area contributed by atoms with Crippen LogP contribution in [0, 0.1) is 6.92 Å². The summed E-state index contributed by atoms with van der Waals surface area (Å²) in [4.78, 5) is 4.09. The van der Waals surface area contributed by atoms with E-state index in [2.05, 4.69) is 36.2 Å². The third-order valence-corrected chi connectivity index (χ3v) is 2.79. The molecule has 0 saturated carbocycles. The monoisotopic (exact) mass is 212 g/mol. The molecule has 0 aliphatic rings. The molecule has 0 unspecified atom stereocenters. The quantitative estimate of drug-likeness (QED) is 0.849. The summed E-state index contributed by atoms with van der Waals surface area (Å²) < 4.78 is 0. The van der Waals surface area contributed by atoms with Gasteiger partial charge in [0.1, 0.15) is 5.82 Å². The number of rotatable bonds is 3. The molecule has 1 aromatic carbocycles. The first-order valence-corrected chi connectivity index (χ1v) is 5.50. The van der Waals surface area contributed by atoms with Crippen LogP contribution in [0.15, 0.2) is 42.6 Å². The number of hydrogen-bond acceptors (Lipinski definition) is 2. The number of pyridine rings is 1. The predicted molar refractivity (Wildman–Crippen MR) is 67.2 cm³/mol. The Morgan fingerprint density at radius 2 is 1.88 bits per heavy atom. The number of aromatic nitrogens is 1. The molecule has 0 aliphatic heterocycles. The number of aryl methyl sites for hydroxylation is 3. The maximum atomic E-state index is 5.55. The predicted octanol–water partition coefficient (Wildman–Crippen LogP) is 2.76. The van der Waals surface area contributed by atoms with E-state index in [1.165, 1.54) is 16.7 Å². The molecule has 2 nitrogen and oxygen atoms in total. The molecule has 0 radical (unpaired) electrons. The fourth-order valence-corrected chi connectivity index (χ4v) is 1.75. The van der Waals surface area contributed by atoms with Crippen molar-refractivity contribution in [2.75, 3.05) is 5.73 Å². The molecule has 0 spiro atoms. The molecule has 0 amide bonds. The molecular formula is C14H16N2. The molecule has 2 N–H and O–H groups in total. The van der Waals surface area contributed by atoms with E-state index in [-0.39, 0.29) is 0 Å². The number of anilines is 1. The molecule has 2 heteroatoms. The lowest BCUT2D eigenvalue weighted by Crippen LogP contribution is -1.96. The Bertz CT molecular complexity index is 460. The van der Waals surface area contributed by atoms with Gasteiger partial charge in [0.2, 0.25) is 0 Å². The lowest BCUT2D eigenvalue weighted by molar-refractivity contribution is 0.941. The van der Waals surface area contributed by atoms with Gasteiger partial charge in [-0.3, -0.25) is 0 Å². The van der Waals surface area contributed by atoms with Crippen molar-refractivity contribution >= 4 is 5.82 Å². The van der Waals surface area contributed by atoms with Crippen molar-refractivity contribution in [3.63, 3.8) is 0 Å². The number of hydrogen-bond donors (Lipinski definition) is 1. The molecule has 2 aromatic rings. The summed E-state index contributed by atoms with van der Waals surface area (Å²) in [6.07, 6.45) is 3.92. The highest BCUT2D eigenvalue weighted by atomic mass is 14.8. The molecule has 1 heterocycles. The third kappa shape index (κ3) is 2.60. The van der Waals surface area contributed by atoms with E-state index in [9.17, 15) is 0 Å². The van der Waals surface area contributed by atoms with Gasteiger partial charge in [-0.15, -0.1) is 0 Å². The summed E-state index contributed by atoms with van der Waals surface area (Å²) in [5.74, 6) is 0.583. The van der Waals surface area contributed by atoms with E-state index in [0.717, 1.165) is 12.8 Å². The van der Waals surface area contributed by atoms with Crippen LogP contribution in [0.3, 0.4) is 0 Å². The Morgan fingerprint density at radius 1 is 1.06 bits per heavy atom. The average molecular weight is 212 g/mol. The van der Waals surface area contributed by atoms with Crippen LogP contribution < -0.4 is 5.73 Å². The van der Waals surface area contributed by atoms with Gasteiger partial charge in [-0.1, -0.05) is 30.3 Å². The van der Waals surface area contributed by atoms with Crippen molar-refractivity contribution in [2.45, 2.75) is 19.8 Å². The molecule has 1 aromatic heterocycles. The van der Waals surface area contributed by atoms with E-state index in [1.807, 2.05) is 18.3 Å². The first kappa shape index (κ1) is 10.7. The molecular weight excluding hydrogens is 196 g/mol. The lowest BCUT2D eigenvalue weighted by Gasteiger charge is -2.05. The molecule has 0 aliphatic carbocycles. The number of nitrogen functional groups attached to an aromatic ring is 1. The van der Waals surface area contributed by atoms with E-state index in [0.29, 0.717) is 5.82 Å². The summed E-state index contributed by atoms with van der Waals surface area (Å²) in [7, 11) is 0. The second-order valence-corrected chi connectivity index (χ2v) is 4.02. The first-order valence-electron chi connectivity index (χ1n) is 5.50. The molecule has 16 heavy (non-hydrogen) atoms. The van der Waals surface area contributed by atoms with Crippen molar-refractivity contribution in [3.8, 4) is 0 Å². The second-order valence-electron chi connectivity index (χ2n) is 4.02. The zero-order chi connectivity index (χ0) is 11.4. The number of nitrogens with two attached hydrogens (primary N) is 1. The minimum absolute atomic E-state index is 0.583. The maximum Gasteiger partial charge on any atom is 0.123 e. The Balaban J connectivity index is 2.02. The topological polar surface area (TPSA) is 38.9 Å². The number of nitrogens with zero attached hydrogens (tertiary/aromatic N) is 1. The Kier molecular flexibility index (Phi) is 3.20. The van der Waals surface area contributed by atoms with Crippen molar-refractivity contribution < 1.29 is 0 Å². The molecule has 0 saturated heterocycles. The van der Waals surface area contributed by atoms with E-state index in [4.69, 9.17) is 5.73 Å². The average Bonchev–Trinajstić information content (AvgIpc) is 2.30. The van der Waals surface area contributed by atoms with Gasteiger partial charge in [0.05, 0.1) is 0 Å². The lowest BCUT2D eigenvalue weighted by atomic mass is 10.0. The molecule has 0 atom stereocenters. The minimum atomic E-state index is 0.583. The van der Waals surface area contributed by atoms with E-state index in [1.54, 1.807) is 0 Å². The van der Waals surface area contributed by atoms with Crippen LogP contribution in [0.25, 0.3) is 0 Å². The van der Waals surface area contributed by atoms with Crippen LogP contribution in [-0.4, -0.2) is 4.98 Å². The van der Waals surface area contributed by atoms with Crippen molar-refractivity contribution in [1.82, 2.24) is 4.98 Å². The summed E-state index contributed by atoms with van der Waals surface area (Å²) in [5.41, 5.74) is 9.54. The summed E-state index contributed by atoms with van der Waals surface area (Å²) >= 11 is 0. The van der Waals surface area contributed by atoms with Gasteiger partial charge in [0.25, 0.3) is 0 Å². The maximum absolute atomic E-state index is 5.55. The zero-order valence-corrected chi connectivity index (χ0v) is 9.48. The normalized spacial score (nSPS) is 10.3. The zero-order valence-electron chi connectivity index (χ0n) is 9.48. The van der Waals surface area contributed by atoms with Crippen molar-refractivity contribution in [1.29, 1.82) is 0 Å². The Morgan fingerprint density at radius 3 is 2.56 bits per heavy atom. The van der Waals surface area contributed by atoms with Gasteiger partial charge in [0, 0.05) is 6.20 Å². The van der Waals surface area contributed by atoms with E-state index < -0.39 is 0 Å². The van der Waals surface area contributed by atoms with Gasteiger partial charge in [-0.05, 0) is 42.5 Å². The van der Waals surface area contributed by atoms with Crippen LogP contribution >= 0.6 is 0 Å². The Hall–Kier alpha value is -1.83. The van der Waals surface area contributed by atoms with Gasteiger partial charge in [-0.2, -0.15) is 0 Å². The van der Waals surface area contributed by atoms with Gasteiger partial charge >= 0.3 is 0 Å². The van der Waals surface area contributed by atoms with Gasteiger partial charge in [-0.25, -0.2) is 4.98 Å². The summed E-state index contributed by atoms with van der Waals surface area (Å²) in [5, 5.41) is 0. The molecule has 0 fully saturated rings. The van der Waals surface area contributed by atoms with Gasteiger partial charge < -0.3 is 5.73 Å². The highest BCUT2D eigenvalue weighted by Crippen LogP contribution is 2.11. The summed E-state index contributed by atoms with van der Waals surface area (Å²) in [6, 6.07) is 12.4. The Labute approximate surface area is 96.1 Å². The fraction of sp³-hybridized carbons (Fsp3) is 0.214. The van der Waals surface area contributed by atoms with Crippen LogP contribution in [0.2, 0.25) is 0 Å². The highest BCUT2D eigenvalue weighted by Gasteiger charge is 1.98. The standard InChI is InChI=1S/C14H16N2/c1-11-4-2-3-5-13(11)8-6-12-7-9-14(15)16-10-12/h2-5,7,9-10H,6,8H2,1H3,(H2,15,16).